The number of phenolic OH excluding ortho intramolecular Hbond substituents is 1. The first-order valence-corrected chi connectivity index (χ1v) is 6.61. The first-order chi connectivity index (χ1) is 9.16. The summed E-state index contributed by atoms with van der Waals surface area (Å²) in [6.07, 6.45) is 1.53. The Labute approximate surface area is 124 Å². The highest BCUT2D eigenvalue weighted by atomic mass is 127. The third-order valence-electron chi connectivity index (χ3n) is 2.39. The minimum absolute atomic E-state index is 0.228. The first kappa shape index (κ1) is 13.5. The fraction of sp³-hybridized carbons (Fsp3) is 0. The number of carbonyl (C=O) groups is 1. The van der Waals surface area contributed by atoms with Gasteiger partial charge in [-0.2, -0.15) is 5.10 Å². The molecule has 0 atom stereocenters. The van der Waals surface area contributed by atoms with E-state index in [0.29, 0.717) is 5.56 Å². The van der Waals surface area contributed by atoms with Crippen LogP contribution in [0.15, 0.2) is 53.6 Å². The second kappa shape index (κ2) is 6.33. The van der Waals surface area contributed by atoms with Crippen molar-refractivity contribution in [3.8, 4) is 5.75 Å². The van der Waals surface area contributed by atoms with Crippen molar-refractivity contribution < 1.29 is 9.90 Å². The fourth-order valence-electron chi connectivity index (χ4n) is 1.42. The Bertz CT molecular complexity index is 612. The quantitative estimate of drug-likeness (QED) is 0.499. The number of aromatic hydroxyl groups is 1. The molecule has 2 rings (SSSR count). The summed E-state index contributed by atoms with van der Waals surface area (Å²) in [5.41, 5.74) is 3.80. The Kier molecular flexibility index (Phi) is 4.51. The number of hydrazone groups is 1. The first-order valence-electron chi connectivity index (χ1n) is 5.54. The van der Waals surface area contributed by atoms with Crippen molar-refractivity contribution in [3.63, 3.8) is 0 Å². The van der Waals surface area contributed by atoms with Crippen LogP contribution in [0.25, 0.3) is 0 Å². The molecule has 2 aromatic rings. The average molecular weight is 366 g/mol. The molecule has 2 aromatic carbocycles. The highest BCUT2D eigenvalue weighted by Gasteiger charge is 2.01. The molecule has 0 radical (unpaired) electrons. The summed E-state index contributed by atoms with van der Waals surface area (Å²) in [4.78, 5) is 11.7. The lowest BCUT2D eigenvalue weighted by atomic mass is 10.2. The van der Waals surface area contributed by atoms with Gasteiger partial charge in [0.25, 0.3) is 5.91 Å². The third-order valence-corrected chi connectivity index (χ3v) is 3.25. The van der Waals surface area contributed by atoms with Crippen LogP contribution in [0.3, 0.4) is 0 Å². The summed E-state index contributed by atoms with van der Waals surface area (Å²) in [7, 11) is 0. The largest absolute Gasteiger partial charge is 0.507 e. The van der Waals surface area contributed by atoms with Gasteiger partial charge in [-0.15, -0.1) is 0 Å². The molecule has 0 aliphatic heterocycles. The number of hydrogen-bond acceptors (Lipinski definition) is 3. The minimum atomic E-state index is -0.259. The average Bonchev–Trinajstić information content (AvgIpc) is 2.43. The molecule has 0 bridgehead atoms. The van der Waals surface area contributed by atoms with Crippen LogP contribution < -0.4 is 5.43 Å². The number of halogens is 1. The van der Waals surface area contributed by atoms with Crippen molar-refractivity contribution in [1.82, 2.24) is 5.43 Å². The number of phenols is 1. The zero-order chi connectivity index (χ0) is 13.7. The van der Waals surface area contributed by atoms with Crippen LogP contribution in [0.2, 0.25) is 0 Å². The molecule has 4 nitrogen and oxygen atoms in total. The normalized spacial score (nSPS) is 10.6. The molecule has 5 heteroatoms. The lowest BCUT2D eigenvalue weighted by Crippen LogP contribution is -2.17. The molecule has 96 valence electrons. The molecular formula is C14H11IN2O2. The maximum atomic E-state index is 11.7. The van der Waals surface area contributed by atoms with E-state index in [2.05, 4.69) is 10.5 Å². The number of nitrogens with one attached hydrogen (secondary N) is 1. The van der Waals surface area contributed by atoms with Crippen molar-refractivity contribution in [2.45, 2.75) is 0 Å². The highest BCUT2D eigenvalue weighted by Crippen LogP contribution is 2.19. The minimum Gasteiger partial charge on any atom is -0.507 e. The number of carbonyl (C=O) groups excluding carboxylic acids is 1. The lowest BCUT2D eigenvalue weighted by molar-refractivity contribution is 0.0955. The van der Waals surface area contributed by atoms with Crippen molar-refractivity contribution in [2.24, 2.45) is 5.10 Å². The Hall–Kier alpha value is -1.89. The molecule has 0 heterocycles. The summed E-state index contributed by atoms with van der Waals surface area (Å²) in [5.74, 6) is -0.0311. The summed E-state index contributed by atoms with van der Waals surface area (Å²) in [6.45, 7) is 0. The predicted molar refractivity (Wildman–Crippen MR) is 82.3 cm³/mol. The molecule has 0 spiro atoms. The summed E-state index contributed by atoms with van der Waals surface area (Å²) >= 11 is 2.03. The van der Waals surface area contributed by atoms with Crippen molar-refractivity contribution in [3.05, 3.63) is 63.2 Å². The van der Waals surface area contributed by atoms with Gasteiger partial charge in [0.05, 0.1) is 9.78 Å². The molecular weight excluding hydrogens is 355 g/mol. The van der Waals surface area contributed by atoms with Crippen LogP contribution in [0.1, 0.15) is 15.9 Å². The topological polar surface area (TPSA) is 61.7 Å². The Morgan fingerprint density at radius 1 is 1.21 bits per heavy atom. The van der Waals surface area contributed by atoms with Crippen molar-refractivity contribution >= 4 is 34.7 Å². The highest BCUT2D eigenvalue weighted by molar-refractivity contribution is 14.1. The van der Waals surface area contributed by atoms with Crippen LogP contribution in [-0.4, -0.2) is 17.2 Å². The van der Waals surface area contributed by atoms with Gasteiger partial charge in [-0.1, -0.05) is 18.2 Å². The van der Waals surface area contributed by atoms with Gasteiger partial charge >= 0.3 is 0 Å². The third kappa shape index (κ3) is 3.78. The Balaban J connectivity index is 2.00. The lowest BCUT2D eigenvalue weighted by Gasteiger charge is -2.00. The number of benzene rings is 2. The zero-order valence-electron chi connectivity index (χ0n) is 9.88. The Morgan fingerprint density at radius 2 is 1.95 bits per heavy atom. The molecule has 0 saturated heterocycles. The second-order valence-corrected chi connectivity index (χ2v) is 4.94. The smallest absolute Gasteiger partial charge is 0.271 e. The van der Waals surface area contributed by atoms with E-state index < -0.39 is 0 Å². The molecule has 0 unspecified atom stereocenters. The van der Waals surface area contributed by atoms with E-state index in [1.807, 2.05) is 28.7 Å². The molecule has 0 aromatic heterocycles. The zero-order valence-corrected chi connectivity index (χ0v) is 12.0. The predicted octanol–water partition coefficient (Wildman–Crippen LogP) is 2.76. The van der Waals surface area contributed by atoms with E-state index in [0.717, 1.165) is 9.13 Å². The number of rotatable bonds is 3. The van der Waals surface area contributed by atoms with E-state index in [4.69, 9.17) is 0 Å². The van der Waals surface area contributed by atoms with E-state index in [1.165, 1.54) is 6.21 Å². The summed E-state index contributed by atoms with van der Waals surface area (Å²) < 4.78 is 0.732. The van der Waals surface area contributed by atoms with E-state index in [-0.39, 0.29) is 11.7 Å². The number of hydrogen-bond donors (Lipinski definition) is 2. The molecule has 0 aliphatic carbocycles. The second-order valence-electron chi connectivity index (χ2n) is 3.78. The van der Waals surface area contributed by atoms with E-state index in [1.54, 1.807) is 42.5 Å². The van der Waals surface area contributed by atoms with Gasteiger partial charge in [0.2, 0.25) is 0 Å². The standard InChI is InChI=1S/C14H11IN2O2/c15-12-8-10(6-7-13(12)18)9-16-17-14(19)11-4-2-1-3-5-11/h1-9,18H,(H,17,19)/b16-9-. The van der Waals surface area contributed by atoms with Gasteiger partial charge in [0.1, 0.15) is 5.75 Å². The Morgan fingerprint density at radius 3 is 2.63 bits per heavy atom. The van der Waals surface area contributed by atoms with E-state index in [9.17, 15) is 9.90 Å². The van der Waals surface area contributed by atoms with Gasteiger partial charge in [0, 0.05) is 5.56 Å². The molecule has 2 N–H and O–H groups in total. The van der Waals surface area contributed by atoms with Gasteiger partial charge < -0.3 is 5.11 Å². The molecule has 0 saturated carbocycles. The maximum Gasteiger partial charge on any atom is 0.271 e. The van der Waals surface area contributed by atoms with Crippen LogP contribution in [0.5, 0.6) is 5.75 Å². The molecule has 1 amide bonds. The van der Waals surface area contributed by atoms with Crippen molar-refractivity contribution in [1.29, 1.82) is 0 Å². The van der Waals surface area contributed by atoms with Crippen LogP contribution in [0, 0.1) is 3.57 Å². The molecule has 19 heavy (non-hydrogen) atoms. The van der Waals surface area contributed by atoms with Gasteiger partial charge in [0.15, 0.2) is 0 Å². The summed E-state index contributed by atoms with van der Waals surface area (Å²) in [6, 6.07) is 13.9. The van der Waals surface area contributed by atoms with Gasteiger partial charge in [-0.3, -0.25) is 4.79 Å². The SMILES string of the molecule is O=C(N/N=C\c1ccc(O)c(I)c1)c1ccccc1. The summed E-state index contributed by atoms with van der Waals surface area (Å²) in [5, 5.41) is 13.3. The monoisotopic (exact) mass is 366 g/mol. The van der Waals surface area contributed by atoms with Gasteiger partial charge in [-0.05, 0) is 58.5 Å². The number of amides is 1. The van der Waals surface area contributed by atoms with Crippen molar-refractivity contribution in [2.75, 3.05) is 0 Å². The van der Waals surface area contributed by atoms with Crippen LogP contribution in [-0.2, 0) is 0 Å². The number of nitrogens with zero attached hydrogens (tertiary/aromatic N) is 1. The molecule has 0 aliphatic rings. The molecule has 0 fully saturated rings. The fourth-order valence-corrected chi connectivity index (χ4v) is 1.96. The van der Waals surface area contributed by atoms with Crippen LogP contribution in [0.4, 0.5) is 0 Å². The van der Waals surface area contributed by atoms with Crippen LogP contribution >= 0.6 is 22.6 Å². The van der Waals surface area contributed by atoms with Gasteiger partial charge in [-0.25, -0.2) is 5.43 Å². The maximum absolute atomic E-state index is 11.7. The van der Waals surface area contributed by atoms with E-state index >= 15 is 0 Å².